The first kappa shape index (κ1) is 12.6. The van der Waals surface area contributed by atoms with Gasteiger partial charge in [0.2, 0.25) is 5.91 Å². The predicted molar refractivity (Wildman–Crippen MR) is 57.1 cm³/mol. The molecule has 0 heterocycles. The van der Waals surface area contributed by atoms with E-state index in [0.717, 1.165) is 6.07 Å². The Hall–Kier alpha value is -2.44. The number of ether oxygens (including phenoxy) is 1. The van der Waals surface area contributed by atoms with Crippen LogP contribution in [-0.4, -0.2) is 16.8 Å². The molecule has 0 bridgehead atoms. The van der Waals surface area contributed by atoms with Crippen LogP contribution in [0.25, 0.3) is 0 Å². The van der Waals surface area contributed by atoms with Gasteiger partial charge in [-0.2, -0.15) is 0 Å². The minimum absolute atomic E-state index is 0.0274. The van der Waals surface area contributed by atoms with E-state index in [9.17, 15) is 19.7 Å². The minimum atomic E-state index is -0.809. The summed E-state index contributed by atoms with van der Waals surface area (Å²) in [7, 11) is 0. The summed E-state index contributed by atoms with van der Waals surface area (Å²) in [5, 5.41) is 10.5. The zero-order chi connectivity index (χ0) is 13.0. The van der Waals surface area contributed by atoms with Gasteiger partial charge in [0.25, 0.3) is 5.69 Å². The molecule has 0 spiro atoms. The number of hydrogen-bond acceptors (Lipinski definition) is 5. The molecule has 0 radical (unpaired) electrons. The first-order valence-corrected chi connectivity index (χ1v) is 4.62. The number of amides is 1. The highest BCUT2D eigenvalue weighted by Gasteiger charge is 2.15. The average Bonchev–Trinajstić information content (AvgIpc) is 2.25. The first-order valence-electron chi connectivity index (χ1n) is 4.62. The zero-order valence-electron chi connectivity index (χ0n) is 9.00. The monoisotopic (exact) mass is 238 g/mol. The average molecular weight is 238 g/mol. The van der Waals surface area contributed by atoms with Gasteiger partial charge in [-0.25, -0.2) is 0 Å². The van der Waals surface area contributed by atoms with Crippen LogP contribution >= 0.6 is 0 Å². The lowest BCUT2D eigenvalue weighted by molar-refractivity contribution is -0.384. The largest absolute Gasteiger partial charge is 0.461 e. The highest BCUT2D eigenvalue weighted by atomic mass is 16.6. The maximum atomic E-state index is 11.1. The molecular formula is C10H10N2O5. The third kappa shape index (κ3) is 3.26. The Labute approximate surface area is 96.3 Å². The van der Waals surface area contributed by atoms with Gasteiger partial charge < -0.3 is 10.5 Å². The predicted octanol–water partition coefficient (Wildman–Crippen LogP) is 0.757. The maximum absolute atomic E-state index is 11.1. The second kappa shape index (κ2) is 5.06. The van der Waals surface area contributed by atoms with Crippen molar-refractivity contribution in [2.75, 3.05) is 0 Å². The number of carbonyl (C=O) groups is 2. The number of nitrogens with zero attached hydrogens (tertiary/aromatic N) is 1. The lowest BCUT2D eigenvalue weighted by atomic mass is 10.1. The number of carbonyl (C=O) groups excluding carboxylic acids is 2. The maximum Gasteiger partial charge on any atom is 0.302 e. The van der Waals surface area contributed by atoms with Crippen LogP contribution in [0.1, 0.15) is 22.8 Å². The van der Waals surface area contributed by atoms with Gasteiger partial charge in [-0.05, 0) is 6.07 Å². The Morgan fingerprint density at radius 3 is 2.59 bits per heavy atom. The van der Waals surface area contributed by atoms with Crippen molar-refractivity contribution in [2.24, 2.45) is 5.73 Å². The van der Waals surface area contributed by atoms with Crippen LogP contribution in [0.5, 0.6) is 0 Å². The second-order valence-electron chi connectivity index (χ2n) is 3.24. The van der Waals surface area contributed by atoms with Gasteiger partial charge in [0, 0.05) is 24.6 Å². The molecule has 0 atom stereocenters. The van der Waals surface area contributed by atoms with Crippen molar-refractivity contribution in [3.63, 3.8) is 0 Å². The molecule has 0 aromatic heterocycles. The first-order chi connectivity index (χ1) is 7.91. The molecule has 0 saturated carbocycles. The van der Waals surface area contributed by atoms with E-state index >= 15 is 0 Å². The van der Waals surface area contributed by atoms with Crippen LogP contribution in [0.15, 0.2) is 18.2 Å². The van der Waals surface area contributed by atoms with Gasteiger partial charge in [0.05, 0.1) is 10.5 Å². The molecule has 1 amide bonds. The van der Waals surface area contributed by atoms with Crippen LogP contribution in [0.3, 0.4) is 0 Å². The topological polar surface area (TPSA) is 113 Å². The van der Waals surface area contributed by atoms with E-state index in [1.807, 2.05) is 0 Å². The molecule has 0 unspecified atom stereocenters. The number of primary amides is 1. The third-order valence-corrected chi connectivity index (χ3v) is 2.00. The van der Waals surface area contributed by atoms with Crippen LogP contribution in [-0.2, 0) is 16.1 Å². The Balaban J connectivity index is 3.08. The van der Waals surface area contributed by atoms with Gasteiger partial charge in [0.1, 0.15) is 6.61 Å². The molecule has 1 aromatic rings. The van der Waals surface area contributed by atoms with Crippen molar-refractivity contribution in [3.05, 3.63) is 39.4 Å². The number of nitro benzene ring substituents is 1. The number of hydrogen-bond donors (Lipinski definition) is 1. The van der Waals surface area contributed by atoms with E-state index in [1.165, 1.54) is 19.1 Å². The van der Waals surface area contributed by atoms with Gasteiger partial charge >= 0.3 is 5.97 Å². The Bertz CT molecular complexity index is 484. The van der Waals surface area contributed by atoms with E-state index in [0.29, 0.717) is 5.56 Å². The summed E-state index contributed by atoms with van der Waals surface area (Å²) in [5.74, 6) is -1.32. The lowest BCUT2D eigenvalue weighted by Crippen LogP contribution is -2.15. The van der Waals surface area contributed by atoms with E-state index in [1.54, 1.807) is 0 Å². The molecular weight excluding hydrogens is 228 g/mol. The molecule has 0 fully saturated rings. The Morgan fingerprint density at radius 1 is 1.47 bits per heavy atom. The van der Waals surface area contributed by atoms with Crippen molar-refractivity contribution in [3.8, 4) is 0 Å². The molecule has 7 nitrogen and oxygen atoms in total. The lowest BCUT2D eigenvalue weighted by Gasteiger charge is -2.06. The SMILES string of the molecule is CC(=O)OCc1ccc([N+](=O)[O-])cc1C(N)=O. The van der Waals surface area contributed by atoms with Gasteiger partial charge in [-0.15, -0.1) is 0 Å². The zero-order valence-corrected chi connectivity index (χ0v) is 9.00. The van der Waals surface area contributed by atoms with E-state index < -0.39 is 16.8 Å². The third-order valence-electron chi connectivity index (χ3n) is 2.00. The molecule has 0 saturated heterocycles. The van der Waals surface area contributed by atoms with Crippen LogP contribution < -0.4 is 5.73 Å². The number of benzene rings is 1. The molecule has 1 aromatic carbocycles. The van der Waals surface area contributed by atoms with Crippen molar-refractivity contribution in [1.82, 2.24) is 0 Å². The fourth-order valence-electron chi connectivity index (χ4n) is 1.21. The summed E-state index contributed by atoms with van der Waals surface area (Å²) < 4.78 is 4.70. The number of non-ortho nitro benzene ring substituents is 1. The van der Waals surface area contributed by atoms with Gasteiger partial charge in [-0.3, -0.25) is 19.7 Å². The summed E-state index contributed by atoms with van der Waals surface area (Å²) in [4.78, 5) is 31.6. The summed E-state index contributed by atoms with van der Waals surface area (Å²) >= 11 is 0. The summed E-state index contributed by atoms with van der Waals surface area (Å²) in [6, 6.07) is 3.60. The van der Waals surface area contributed by atoms with Crippen LogP contribution in [0.4, 0.5) is 5.69 Å². The van der Waals surface area contributed by atoms with Crippen LogP contribution in [0, 0.1) is 10.1 Å². The Kier molecular flexibility index (Phi) is 3.76. The van der Waals surface area contributed by atoms with Crippen molar-refractivity contribution < 1.29 is 19.2 Å². The molecule has 17 heavy (non-hydrogen) atoms. The van der Waals surface area contributed by atoms with Gasteiger partial charge in [0.15, 0.2) is 0 Å². The second-order valence-corrected chi connectivity index (χ2v) is 3.24. The van der Waals surface area contributed by atoms with Crippen molar-refractivity contribution >= 4 is 17.6 Å². The molecule has 7 heteroatoms. The fraction of sp³-hybridized carbons (Fsp3) is 0.200. The quantitative estimate of drug-likeness (QED) is 0.472. The number of esters is 1. The smallest absolute Gasteiger partial charge is 0.302 e. The van der Waals surface area contributed by atoms with E-state index in [4.69, 9.17) is 10.5 Å². The van der Waals surface area contributed by atoms with Gasteiger partial charge in [-0.1, -0.05) is 0 Å². The summed E-state index contributed by atoms with van der Waals surface area (Å²) in [6.45, 7) is 1.07. The molecule has 0 aliphatic rings. The van der Waals surface area contributed by atoms with E-state index in [2.05, 4.69) is 0 Å². The molecule has 2 N–H and O–H groups in total. The molecule has 1 rings (SSSR count). The highest BCUT2D eigenvalue weighted by molar-refractivity contribution is 5.95. The summed E-state index contributed by atoms with van der Waals surface area (Å²) in [5.41, 5.74) is 5.15. The Morgan fingerprint density at radius 2 is 2.12 bits per heavy atom. The number of nitrogens with two attached hydrogens (primary N) is 1. The van der Waals surface area contributed by atoms with E-state index in [-0.39, 0.29) is 17.9 Å². The minimum Gasteiger partial charge on any atom is -0.461 e. The standard InChI is InChI=1S/C10H10N2O5/c1-6(13)17-5-7-2-3-8(12(15)16)4-9(7)10(11)14/h2-4H,5H2,1H3,(H2,11,14). The van der Waals surface area contributed by atoms with Crippen molar-refractivity contribution in [1.29, 1.82) is 0 Å². The normalized spacial score (nSPS) is 9.71. The fourth-order valence-corrected chi connectivity index (χ4v) is 1.21. The number of nitro groups is 1. The molecule has 90 valence electrons. The van der Waals surface area contributed by atoms with Crippen molar-refractivity contribution in [2.45, 2.75) is 13.5 Å². The van der Waals surface area contributed by atoms with Crippen LogP contribution in [0.2, 0.25) is 0 Å². The summed E-state index contributed by atoms with van der Waals surface area (Å²) in [6.07, 6.45) is 0. The number of rotatable bonds is 4. The molecule has 0 aliphatic carbocycles. The highest BCUT2D eigenvalue weighted by Crippen LogP contribution is 2.18. The molecule has 0 aliphatic heterocycles.